The van der Waals surface area contributed by atoms with Gasteiger partial charge in [0, 0.05) is 18.5 Å². The van der Waals surface area contributed by atoms with Crippen LogP contribution in [0.4, 0.5) is 13.2 Å². The molecular formula is C11H21F3N2O. The molecule has 2 N–H and O–H groups in total. The van der Waals surface area contributed by atoms with Gasteiger partial charge in [0.2, 0.25) is 0 Å². The zero-order valence-electron chi connectivity index (χ0n) is 10.7. The molecule has 0 radical (unpaired) electrons. The zero-order chi connectivity index (χ0) is 13.6. The molecule has 0 heterocycles. The quantitative estimate of drug-likeness (QED) is 0.727. The Labute approximate surface area is 100 Å². The highest BCUT2D eigenvalue weighted by molar-refractivity contribution is 5.82. The van der Waals surface area contributed by atoms with Crippen molar-refractivity contribution < 1.29 is 18.0 Å². The Balaban J connectivity index is 4.26. The number of nitrogens with one attached hydrogen (secondary N) is 2. The van der Waals surface area contributed by atoms with Gasteiger partial charge in [-0.15, -0.1) is 0 Å². The van der Waals surface area contributed by atoms with Crippen molar-refractivity contribution in [3.8, 4) is 0 Å². The van der Waals surface area contributed by atoms with Crippen LogP contribution in [-0.2, 0) is 4.79 Å². The highest BCUT2D eigenvalue weighted by atomic mass is 19.4. The molecule has 1 atom stereocenters. The molecule has 6 heteroatoms. The average Bonchev–Trinajstić information content (AvgIpc) is 2.14. The largest absolute Gasteiger partial charge is 0.405 e. The second-order valence-corrected chi connectivity index (χ2v) is 4.66. The van der Waals surface area contributed by atoms with E-state index in [4.69, 9.17) is 0 Å². The molecule has 0 bridgehead atoms. The van der Waals surface area contributed by atoms with Crippen LogP contribution >= 0.6 is 0 Å². The molecule has 3 nitrogen and oxygen atoms in total. The van der Waals surface area contributed by atoms with E-state index in [0.29, 0.717) is 0 Å². The van der Waals surface area contributed by atoms with Gasteiger partial charge in [0.1, 0.15) is 11.8 Å². The lowest BCUT2D eigenvalue weighted by Gasteiger charge is -2.23. The van der Waals surface area contributed by atoms with Gasteiger partial charge >= 0.3 is 6.18 Å². The third-order valence-electron chi connectivity index (χ3n) is 2.29. The van der Waals surface area contributed by atoms with E-state index in [0.717, 1.165) is 0 Å². The molecule has 0 aromatic carbocycles. The fourth-order valence-corrected chi connectivity index (χ4v) is 1.09. The third-order valence-corrected chi connectivity index (χ3v) is 2.29. The summed E-state index contributed by atoms with van der Waals surface area (Å²) in [6.45, 7) is 6.39. The van der Waals surface area contributed by atoms with Gasteiger partial charge in [0.25, 0.3) is 0 Å². The van der Waals surface area contributed by atoms with Crippen LogP contribution in [0, 0.1) is 5.92 Å². The van der Waals surface area contributed by atoms with Gasteiger partial charge in [0.05, 0.1) is 6.54 Å². The Morgan fingerprint density at radius 3 is 2.00 bits per heavy atom. The van der Waals surface area contributed by atoms with Crippen LogP contribution in [0.2, 0.25) is 0 Å². The van der Waals surface area contributed by atoms with E-state index >= 15 is 0 Å². The van der Waals surface area contributed by atoms with Gasteiger partial charge in [-0.1, -0.05) is 27.7 Å². The molecule has 0 aromatic rings. The minimum Gasteiger partial charge on any atom is -0.313 e. The molecule has 0 fully saturated rings. The molecule has 0 aliphatic rings. The Bertz CT molecular complexity index is 239. The number of Topliss-reactive ketones (excluding diaryl/α,β-unsaturated/α-hetero) is 1. The maximum Gasteiger partial charge on any atom is 0.405 e. The van der Waals surface area contributed by atoms with Crippen molar-refractivity contribution >= 4 is 5.78 Å². The summed E-state index contributed by atoms with van der Waals surface area (Å²) in [7, 11) is 0. The topological polar surface area (TPSA) is 41.1 Å². The predicted octanol–water partition coefficient (Wildman–Crippen LogP) is 1.73. The Kier molecular flexibility index (Phi) is 6.70. The van der Waals surface area contributed by atoms with E-state index in [1.807, 2.05) is 0 Å². The van der Waals surface area contributed by atoms with Gasteiger partial charge in [-0.3, -0.25) is 10.1 Å². The minimum atomic E-state index is -4.35. The van der Waals surface area contributed by atoms with Crippen molar-refractivity contribution in [2.24, 2.45) is 5.92 Å². The van der Waals surface area contributed by atoms with Gasteiger partial charge in [-0.25, -0.2) is 0 Å². The summed E-state index contributed by atoms with van der Waals surface area (Å²) in [4.78, 5) is 11.3. The Hall–Kier alpha value is -0.620. The summed E-state index contributed by atoms with van der Waals surface area (Å²) >= 11 is 0. The van der Waals surface area contributed by atoms with Crippen LogP contribution in [0.5, 0.6) is 0 Å². The van der Waals surface area contributed by atoms with Crippen LogP contribution in [-0.4, -0.2) is 37.1 Å². The number of hydrogen-bond donors (Lipinski definition) is 2. The number of carbonyl (C=O) groups is 1. The van der Waals surface area contributed by atoms with E-state index in [1.54, 1.807) is 27.7 Å². The highest BCUT2D eigenvalue weighted by Crippen LogP contribution is 2.19. The molecule has 0 rings (SSSR count). The first-order chi connectivity index (χ1) is 7.64. The van der Waals surface area contributed by atoms with Gasteiger partial charge < -0.3 is 5.32 Å². The van der Waals surface area contributed by atoms with Crippen molar-refractivity contribution in [2.75, 3.05) is 13.1 Å². The Morgan fingerprint density at radius 2 is 1.65 bits per heavy atom. The maximum atomic E-state index is 12.6. The standard InChI is InChI=1S/C11H21F3N2O/c1-7(2)9(17)5-16-10(11(12,13)14)6-15-8(3)4/h7-8,10,15-16H,5-6H2,1-4H3. The number of ketones is 1. The summed E-state index contributed by atoms with van der Waals surface area (Å²) in [5.74, 6) is -0.474. The van der Waals surface area contributed by atoms with E-state index in [9.17, 15) is 18.0 Å². The first kappa shape index (κ1) is 16.4. The maximum absolute atomic E-state index is 12.6. The minimum absolute atomic E-state index is 0.0255. The predicted molar refractivity (Wildman–Crippen MR) is 60.8 cm³/mol. The lowest BCUT2D eigenvalue weighted by Crippen LogP contribution is -2.51. The normalized spacial score (nSPS) is 14.4. The molecule has 0 saturated carbocycles. The van der Waals surface area contributed by atoms with Crippen LogP contribution in [0.15, 0.2) is 0 Å². The third kappa shape index (κ3) is 7.33. The van der Waals surface area contributed by atoms with Crippen molar-refractivity contribution in [2.45, 2.75) is 46.0 Å². The first-order valence-corrected chi connectivity index (χ1v) is 5.70. The van der Waals surface area contributed by atoms with Crippen LogP contribution < -0.4 is 10.6 Å². The van der Waals surface area contributed by atoms with Crippen LogP contribution in [0.1, 0.15) is 27.7 Å². The molecule has 0 spiro atoms. The molecule has 102 valence electrons. The van der Waals surface area contributed by atoms with E-state index < -0.39 is 12.2 Å². The van der Waals surface area contributed by atoms with E-state index in [2.05, 4.69) is 10.6 Å². The first-order valence-electron chi connectivity index (χ1n) is 5.70. The van der Waals surface area contributed by atoms with Gasteiger partial charge in [-0.2, -0.15) is 13.2 Å². The van der Waals surface area contributed by atoms with Gasteiger partial charge in [-0.05, 0) is 0 Å². The summed E-state index contributed by atoms with van der Waals surface area (Å²) in [5.41, 5.74) is 0. The van der Waals surface area contributed by atoms with Crippen LogP contribution in [0.3, 0.4) is 0 Å². The molecule has 0 saturated heterocycles. The zero-order valence-corrected chi connectivity index (χ0v) is 10.7. The summed E-state index contributed by atoms with van der Waals surface area (Å²) in [5, 5.41) is 4.97. The number of alkyl halides is 3. The van der Waals surface area contributed by atoms with Crippen LogP contribution in [0.25, 0.3) is 0 Å². The van der Waals surface area contributed by atoms with E-state index in [1.165, 1.54) is 0 Å². The molecule has 1 unspecified atom stereocenters. The summed E-state index contributed by atoms with van der Waals surface area (Å²) in [6, 6.07) is -1.71. The van der Waals surface area contributed by atoms with Crippen molar-refractivity contribution in [3.05, 3.63) is 0 Å². The molecule has 0 amide bonds. The fourth-order valence-electron chi connectivity index (χ4n) is 1.09. The molecule has 0 aromatic heterocycles. The average molecular weight is 254 g/mol. The lowest BCUT2D eigenvalue weighted by molar-refractivity contribution is -0.155. The molecule has 17 heavy (non-hydrogen) atoms. The summed E-state index contributed by atoms with van der Waals surface area (Å²) < 4.78 is 37.8. The number of carbonyl (C=O) groups excluding carboxylic acids is 1. The second kappa shape index (κ2) is 6.96. The van der Waals surface area contributed by atoms with E-state index in [-0.39, 0.29) is 30.8 Å². The summed E-state index contributed by atoms with van der Waals surface area (Å²) in [6.07, 6.45) is -4.35. The number of hydrogen-bond acceptors (Lipinski definition) is 3. The fraction of sp³-hybridized carbons (Fsp3) is 0.909. The lowest BCUT2D eigenvalue weighted by atomic mass is 10.1. The molecular weight excluding hydrogens is 233 g/mol. The highest BCUT2D eigenvalue weighted by Gasteiger charge is 2.39. The van der Waals surface area contributed by atoms with Gasteiger partial charge in [0.15, 0.2) is 0 Å². The van der Waals surface area contributed by atoms with Crippen molar-refractivity contribution in [1.29, 1.82) is 0 Å². The molecule has 0 aliphatic heterocycles. The number of rotatable bonds is 7. The number of halogens is 3. The second-order valence-electron chi connectivity index (χ2n) is 4.66. The SMILES string of the molecule is CC(C)NCC(NCC(=O)C(C)C)C(F)(F)F. The monoisotopic (exact) mass is 254 g/mol. The van der Waals surface area contributed by atoms with Crippen molar-refractivity contribution in [3.63, 3.8) is 0 Å². The Morgan fingerprint density at radius 1 is 1.12 bits per heavy atom. The molecule has 0 aliphatic carbocycles. The smallest absolute Gasteiger partial charge is 0.313 e. The van der Waals surface area contributed by atoms with Crippen molar-refractivity contribution in [1.82, 2.24) is 10.6 Å².